The van der Waals surface area contributed by atoms with E-state index < -0.39 is 0 Å². The second kappa shape index (κ2) is 7.99. The Morgan fingerprint density at radius 1 is 1.33 bits per heavy atom. The highest BCUT2D eigenvalue weighted by atomic mass is 35.5. The van der Waals surface area contributed by atoms with Gasteiger partial charge in [-0.1, -0.05) is 30.7 Å². The summed E-state index contributed by atoms with van der Waals surface area (Å²) in [6.45, 7) is 6.49. The number of hydrogen-bond donors (Lipinski definition) is 1. The van der Waals surface area contributed by atoms with Crippen molar-refractivity contribution in [2.75, 3.05) is 13.1 Å². The van der Waals surface area contributed by atoms with Gasteiger partial charge in [-0.2, -0.15) is 0 Å². The molecule has 2 heterocycles. The number of imidazole rings is 1. The van der Waals surface area contributed by atoms with Gasteiger partial charge in [0.25, 0.3) is 0 Å². The number of benzene rings is 1. The first-order chi connectivity index (χ1) is 13.2. The molecule has 1 aliphatic heterocycles. The monoisotopic (exact) mass is 382 g/mol. The number of aryl methyl sites for hydroxylation is 1. The minimum Gasteiger partial charge on any atom is -0.342 e. The highest BCUT2D eigenvalue weighted by Crippen LogP contribution is 2.31. The third-order valence-electron chi connectivity index (χ3n) is 5.66. The first kappa shape index (κ1) is 18.5. The van der Waals surface area contributed by atoms with Gasteiger partial charge in [-0.25, -0.2) is 4.98 Å². The zero-order chi connectivity index (χ0) is 18.8. The summed E-state index contributed by atoms with van der Waals surface area (Å²) >= 11 is 6.35. The Balaban J connectivity index is 1.49. The van der Waals surface area contributed by atoms with Crippen molar-refractivity contribution in [3.8, 4) is 11.4 Å². The van der Waals surface area contributed by atoms with Gasteiger partial charge in [0, 0.05) is 55.1 Å². The van der Waals surface area contributed by atoms with Crippen LogP contribution in [0, 0.1) is 0 Å². The summed E-state index contributed by atoms with van der Waals surface area (Å²) in [5, 5.41) is 0.747. The molecule has 1 atom stereocenters. The Hall–Kier alpha value is -1.91. The van der Waals surface area contributed by atoms with Crippen molar-refractivity contribution < 1.29 is 0 Å². The van der Waals surface area contributed by atoms with Gasteiger partial charge >= 0.3 is 0 Å². The fourth-order valence-electron chi connectivity index (χ4n) is 4.18. The summed E-state index contributed by atoms with van der Waals surface area (Å²) < 4.78 is 0. The van der Waals surface area contributed by atoms with Gasteiger partial charge in [0.2, 0.25) is 0 Å². The Morgan fingerprint density at radius 3 is 2.96 bits per heavy atom. The summed E-state index contributed by atoms with van der Waals surface area (Å²) in [7, 11) is 0. The minimum absolute atomic E-state index is 0.573. The van der Waals surface area contributed by atoms with Crippen molar-refractivity contribution >= 4 is 17.8 Å². The topological polar surface area (TPSA) is 44.3 Å². The molecule has 2 aliphatic rings. The molecular formula is C22H27ClN4. The molecule has 2 aromatic rings. The van der Waals surface area contributed by atoms with Gasteiger partial charge in [0.1, 0.15) is 5.82 Å². The molecule has 1 aliphatic carbocycles. The van der Waals surface area contributed by atoms with Gasteiger partial charge in [-0.3, -0.25) is 9.89 Å². The van der Waals surface area contributed by atoms with Crippen LogP contribution in [0.3, 0.4) is 0 Å². The standard InChI is InChI=1S/C22H27ClN4/c1-3-11-24-19-10-12-27(14-15(19)2)16-8-9-20-21(13-16)26-22(25-20)17-6-4-5-7-18(17)23/h4-7,11,16H,3,8-10,12-14H2,1-2H3,(H,25,26). The maximum absolute atomic E-state index is 6.35. The number of aliphatic imine (C=N–C) groups is 1. The number of aromatic amines is 1. The number of fused-ring (bicyclic) bond motifs is 1. The first-order valence-electron chi connectivity index (χ1n) is 9.93. The molecule has 1 aromatic carbocycles. The summed E-state index contributed by atoms with van der Waals surface area (Å²) in [6.07, 6.45) is 7.32. The molecule has 0 spiro atoms. The molecule has 0 bridgehead atoms. The van der Waals surface area contributed by atoms with Gasteiger partial charge in [0.05, 0.1) is 10.7 Å². The molecule has 4 rings (SSSR count). The normalized spacial score (nSPS) is 21.1. The van der Waals surface area contributed by atoms with Crippen LogP contribution < -0.4 is 0 Å². The third-order valence-corrected chi connectivity index (χ3v) is 5.99. The zero-order valence-electron chi connectivity index (χ0n) is 16.1. The molecular weight excluding hydrogens is 356 g/mol. The molecule has 27 heavy (non-hydrogen) atoms. The molecule has 5 heteroatoms. The number of halogens is 1. The fraction of sp³-hybridized carbons (Fsp3) is 0.455. The molecule has 0 amide bonds. The van der Waals surface area contributed by atoms with Crippen LogP contribution in [-0.4, -0.2) is 40.2 Å². The lowest BCUT2D eigenvalue weighted by atomic mass is 9.93. The van der Waals surface area contributed by atoms with Crippen LogP contribution in [0.15, 0.2) is 40.5 Å². The molecule has 4 nitrogen and oxygen atoms in total. The summed E-state index contributed by atoms with van der Waals surface area (Å²) in [4.78, 5) is 15.7. The van der Waals surface area contributed by atoms with Crippen LogP contribution in [-0.2, 0) is 12.8 Å². The van der Waals surface area contributed by atoms with E-state index in [4.69, 9.17) is 16.6 Å². The molecule has 1 unspecified atom stereocenters. The summed E-state index contributed by atoms with van der Waals surface area (Å²) in [5.74, 6) is 0.900. The van der Waals surface area contributed by atoms with Crippen LogP contribution in [0.4, 0.5) is 0 Å². The minimum atomic E-state index is 0.573. The fourth-order valence-corrected chi connectivity index (χ4v) is 4.41. The molecule has 142 valence electrons. The average Bonchev–Trinajstić information content (AvgIpc) is 3.10. The van der Waals surface area contributed by atoms with Gasteiger partial charge in [-0.15, -0.1) is 0 Å². The highest BCUT2D eigenvalue weighted by Gasteiger charge is 2.29. The lowest BCUT2D eigenvalue weighted by Crippen LogP contribution is -2.43. The van der Waals surface area contributed by atoms with Crippen molar-refractivity contribution in [3.63, 3.8) is 0 Å². The Morgan fingerprint density at radius 2 is 2.19 bits per heavy atom. The van der Waals surface area contributed by atoms with E-state index in [1.54, 1.807) is 0 Å². The quantitative estimate of drug-likeness (QED) is 0.752. The van der Waals surface area contributed by atoms with Gasteiger partial charge in [-0.05, 0) is 43.9 Å². The highest BCUT2D eigenvalue weighted by molar-refractivity contribution is 6.33. The lowest BCUT2D eigenvalue weighted by Gasteiger charge is -2.37. The second-order valence-corrected chi connectivity index (χ2v) is 7.96. The SMILES string of the molecule is CCC=NC1=C(C)CN(C2CCc3nc(-c4ccccc4Cl)[nH]c3C2)CC1. The van der Waals surface area contributed by atoms with E-state index in [9.17, 15) is 0 Å². The van der Waals surface area contributed by atoms with E-state index >= 15 is 0 Å². The lowest BCUT2D eigenvalue weighted by molar-refractivity contribution is 0.186. The van der Waals surface area contributed by atoms with Crippen molar-refractivity contribution in [1.82, 2.24) is 14.9 Å². The third kappa shape index (κ3) is 3.87. The van der Waals surface area contributed by atoms with E-state index in [2.05, 4.69) is 28.7 Å². The molecule has 0 saturated heterocycles. The Labute approximate surface area is 166 Å². The van der Waals surface area contributed by atoms with E-state index in [1.165, 1.54) is 29.1 Å². The molecule has 0 radical (unpaired) electrons. The number of hydrogen-bond acceptors (Lipinski definition) is 3. The summed E-state index contributed by atoms with van der Waals surface area (Å²) in [5.41, 5.74) is 6.17. The number of H-pyrrole nitrogens is 1. The van der Waals surface area contributed by atoms with E-state index in [-0.39, 0.29) is 0 Å². The maximum Gasteiger partial charge on any atom is 0.139 e. The molecule has 1 N–H and O–H groups in total. The predicted molar refractivity (Wildman–Crippen MR) is 113 cm³/mol. The van der Waals surface area contributed by atoms with Crippen LogP contribution in [0.1, 0.15) is 44.5 Å². The van der Waals surface area contributed by atoms with Crippen molar-refractivity contribution in [2.24, 2.45) is 4.99 Å². The second-order valence-electron chi connectivity index (χ2n) is 7.55. The van der Waals surface area contributed by atoms with Crippen LogP contribution in [0.2, 0.25) is 5.02 Å². The predicted octanol–water partition coefficient (Wildman–Crippen LogP) is 5.05. The number of rotatable bonds is 4. The van der Waals surface area contributed by atoms with Crippen molar-refractivity contribution in [3.05, 3.63) is 51.9 Å². The average molecular weight is 383 g/mol. The summed E-state index contributed by atoms with van der Waals surface area (Å²) in [6, 6.07) is 8.48. The molecule has 1 aromatic heterocycles. The number of aromatic nitrogens is 2. The van der Waals surface area contributed by atoms with Crippen LogP contribution in [0.25, 0.3) is 11.4 Å². The Kier molecular flexibility index (Phi) is 5.46. The first-order valence-corrected chi connectivity index (χ1v) is 10.3. The van der Waals surface area contributed by atoms with Gasteiger partial charge in [0.15, 0.2) is 0 Å². The smallest absolute Gasteiger partial charge is 0.139 e. The van der Waals surface area contributed by atoms with Crippen molar-refractivity contribution in [1.29, 1.82) is 0 Å². The van der Waals surface area contributed by atoms with Crippen molar-refractivity contribution in [2.45, 2.75) is 52.0 Å². The zero-order valence-corrected chi connectivity index (χ0v) is 16.9. The number of nitrogens with zero attached hydrogens (tertiary/aromatic N) is 3. The molecule has 0 fully saturated rings. The van der Waals surface area contributed by atoms with Crippen LogP contribution >= 0.6 is 11.6 Å². The maximum atomic E-state index is 6.35. The number of nitrogens with one attached hydrogen (secondary N) is 1. The van der Waals surface area contributed by atoms with E-state index in [0.717, 1.165) is 55.2 Å². The van der Waals surface area contributed by atoms with E-state index in [1.807, 2.05) is 30.5 Å². The largest absolute Gasteiger partial charge is 0.342 e. The molecule has 0 saturated carbocycles. The van der Waals surface area contributed by atoms with Crippen LogP contribution in [0.5, 0.6) is 0 Å². The Bertz CT molecular complexity index is 880. The van der Waals surface area contributed by atoms with E-state index in [0.29, 0.717) is 6.04 Å². The van der Waals surface area contributed by atoms with Gasteiger partial charge < -0.3 is 4.98 Å².